The number of carbonyl (C=O) groups is 1. The fraction of sp³-hybridized carbons (Fsp3) is 0.450. The standard InChI is InChI=1S/C20H23F3N4O4.H2/c1-2-30-16-7-14(8-17(9-16)31-20(21,22)23)10-24-19-25-11-15(12-26-19)18(28)27-5-3-4-6-29-13-27;/h7-9,11-12H,2-6,10,13H2,1H3,(H,24,25,26);1H. The fourth-order valence-electron chi connectivity index (χ4n) is 2.97. The third-order valence-corrected chi connectivity index (χ3v) is 4.33. The molecule has 1 fully saturated rings. The quantitative estimate of drug-likeness (QED) is 0.697. The summed E-state index contributed by atoms with van der Waals surface area (Å²) < 4.78 is 52.4. The minimum atomic E-state index is -4.81. The van der Waals surface area contributed by atoms with Crippen molar-refractivity contribution in [2.24, 2.45) is 0 Å². The van der Waals surface area contributed by atoms with Gasteiger partial charge in [0.2, 0.25) is 5.95 Å². The lowest BCUT2D eigenvalue weighted by atomic mass is 10.2. The molecule has 0 saturated carbocycles. The van der Waals surface area contributed by atoms with Gasteiger partial charge in [-0.05, 0) is 37.5 Å². The van der Waals surface area contributed by atoms with Crippen LogP contribution in [0.25, 0.3) is 0 Å². The molecule has 1 aliphatic rings. The average molecular weight is 442 g/mol. The van der Waals surface area contributed by atoms with E-state index in [0.717, 1.165) is 12.8 Å². The highest BCUT2D eigenvalue weighted by Gasteiger charge is 2.31. The smallest absolute Gasteiger partial charge is 0.494 e. The number of benzene rings is 1. The predicted molar refractivity (Wildman–Crippen MR) is 107 cm³/mol. The van der Waals surface area contributed by atoms with Crippen LogP contribution < -0.4 is 14.8 Å². The lowest BCUT2D eigenvalue weighted by Gasteiger charge is -2.19. The summed E-state index contributed by atoms with van der Waals surface area (Å²) in [4.78, 5) is 22.4. The summed E-state index contributed by atoms with van der Waals surface area (Å²) in [6, 6.07) is 4.02. The fourth-order valence-corrected chi connectivity index (χ4v) is 2.97. The normalized spacial score (nSPS) is 14.6. The summed E-state index contributed by atoms with van der Waals surface area (Å²) >= 11 is 0. The van der Waals surface area contributed by atoms with Crippen LogP contribution in [0.2, 0.25) is 0 Å². The number of alkyl halides is 3. The van der Waals surface area contributed by atoms with Gasteiger partial charge in [0, 0.05) is 39.6 Å². The number of hydrogen-bond donors (Lipinski definition) is 1. The number of aromatic nitrogens is 2. The summed E-state index contributed by atoms with van der Waals surface area (Å²) in [5, 5.41) is 2.91. The lowest BCUT2D eigenvalue weighted by Crippen LogP contribution is -2.32. The van der Waals surface area contributed by atoms with Crippen molar-refractivity contribution in [3.05, 3.63) is 41.7 Å². The molecule has 2 heterocycles. The minimum absolute atomic E-state index is 0. The van der Waals surface area contributed by atoms with Crippen LogP contribution in [0.4, 0.5) is 19.1 Å². The van der Waals surface area contributed by atoms with Crippen LogP contribution in [-0.4, -0.2) is 53.6 Å². The molecule has 0 unspecified atom stereocenters. The van der Waals surface area contributed by atoms with E-state index in [2.05, 4.69) is 20.0 Å². The SMILES string of the molecule is CCOc1cc(CNc2ncc(C(=O)N3CCCCOC3)cn2)cc(OC(F)(F)F)c1.[HH]. The molecule has 170 valence electrons. The van der Waals surface area contributed by atoms with E-state index in [9.17, 15) is 18.0 Å². The first-order chi connectivity index (χ1) is 14.8. The van der Waals surface area contributed by atoms with E-state index in [1.807, 2.05) is 0 Å². The molecule has 1 saturated heterocycles. The van der Waals surface area contributed by atoms with Crippen molar-refractivity contribution in [3.8, 4) is 11.5 Å². The molecule has 1 aliphatic heterocycles. The van der Waals surface area contributed by atoms with Crippen LogP contribution >= 0.6 is 0 Å². The molecule has 0 aliphatic carbocycles. The number of halogens is 3. The van der Waals surface area contributed by atoms with Crippen molar-refractivity contribution in [2.75, 3.05) is 31.8 Å². The molecule has 0 radical (unpaired) electrons. The Hall–Kier alpha value is -3.08. The summed E-state index contributed by atoms with van der Waals surface area (Å²) in [6.07, 6.45) is -0.232. The molecule has 8 nitrogen and oxygen atoms in total. The van der Waals surface area contributed by atoms with E-state index in [4.69, 9.17) is 9.47 Å². The number of nitrogens with zero attached hydrogens (tertiary/aromatic N) is 3. The van der Waals surface area contributed by atoms with Gasteiger partial charge >= 0.3 is 6.36 Å². The van der Waals surface area contributed by atoms with Crippen LogP contribution in [-0.2, 0) is 11.3 Å². The number of ether oxygens (including phenoxy) is 3. The summed E-state index contributed by atoms with van der Waals surface area (Å²) in [5.41, 5.74) is 0.811. The molecule has 0 bridgehead atoms. The molecule has 0 spiro atoms. The van der Waals surface area contributed by atoms with Crippen molar-refractivity contribution < 1.29 is 33.6 Å². The van der Waals surface area contributed by atoms with Gasteiger partial charge in [-0.25, -0.2) is 9.97 Å². The summed E-state index contributed by atoms with van der Waals surface area (Å²) in [5.74, 6) is -0.116. The zero-order valence-electron chi connectivity index (χ0n) is 16.9. The summed E-state index contributed by atoms with van der Waals surface area (Å²) in [6.45, 7) is 3.62. The van der Waals surface area contributed by atoms with Crippen LogP contribution in [0.15, 0.2) is 30.6 Å². The van der Waals surface area contributed by atoms with Crippen molar-refractivity contribution in [1.29, 1.82) is 0 Å². The Morgan fingerprint density at radius 1 is 1.23 bits per heavy atom. The Morgan fingerprint density at radius 3 is 2.68 bits per heavy atom. The maximum Gasteiger partial charge on any atom is 0.573 e. The summed E-state index contributed by atoms with van der Waals surface area (Å²) in [7, 11) is 0. The second kappa shape index (κ2) is 10.3. The Bertz CT molecular complexity index is 876. The molecule has 1 aromatic heterocycles. The van der Waals surface area contributed by atoms with E-state index in [-0.39, 0.29) is 38.1 Å². The molecule has 1 aromatic carbocycles. The van der Waals surface area contributed by atoms with Gasteiger partial charge in [-0.2, -0.15) is 0 Å². The zero-order chi connectivity index (χ0) is 22.3. The lowest BCUT2D eigenvalue weighted by molar-refractivity contribution is -0.274. The number of anilines is 1. The highest BCUT2D eigenvalue weighted by molar-refractivity contribution is 5.93. The molecule has 11 heteroatoms. The first-order valence-corrected chi connectivity index (χ1v) is 9.79. The second-order valence-electron chi connectivity index (χ2n) is 6.76. The first kappa shape index (κ1) is 22.6. The molecule has 1 N–H and O–H groups in total. The van der Waals surface area contributed by atoms with Crippen molar-refractivity contribution >= 4 is 11.9 Å². The van der Waals surface area contributed by atoms with Gasteiger partial charge < -0.3 is 24.4 Å². The van der Waals surface area contributed by atoms with Crippen LogP contribution in [0.3, 0.4) is 0 Å². The zero-order valence-corrected chi connectivity index (χ0v) is 16.9. The number of rotatable bonds is 7. The Kier molecular flexibility index (Phi) is 7.50. The van der Waals surface area contributed by atoms with Crippen LogP contribution in [0.1, 0.15) is 37.1 Å². The van der Waals surface area contributed by atoms with Crippen molar-refractivity contribution in [3.63, 3.8) is 0 Å². The van der Waals surface area contributed by atoms with E-state index in [0.29, 0.717) is 30.9 Å². The van der Waals surface area contributed by atoms with Gasteiger partial charge in [0.25, 0.3) is 5.91 Å². The van der Waals surface area contributed by atoms with Crippen LogP contribution in [0.5, 0.6) is 11.5 Å². The number of amides is 1. The maximum atomic E-state index is 12.6. The third-order valence-electron chi connectivity index (χ3n) is 4.33. The van der Waals surface area contributed by atoms with E-state index in [1.54, 1.807) is 17.9 Å². The van der Waals surface area contributed by atoms with Gasteiger partial charge in [0.05, 0.1) is 12.2 Å². The van der Waals surface area contributed by atoms with Gasteiger partial charge in [0.15, 0.2) is 0 Å². The van der Waals surface area contributed by atoms with Crippen molar-refractivity contribution in [1.82, 2.24) is 14.9 Å². The molecule has 31 heavy (non-hydrogen) atoms. The number of hydrogen-bond acceptors (Lipinski definition) is 7. The Labute approximate surface area is 178 Å². The van der Waals surface area contributed by atoms with Gasteiger partial charge in [-0.1, -0.05) is 0 Å². The highest BCUT2D eigenvalue weighted by Crippen LogP contribution is 2.28. The van der Waals surface area contributed by atoms with Gasteiger partial charge in [-0.3, -0.25) is 4.79 Å². The van der Waals surface area contributed by atoms with E-state index >= 15 is 0 Å². The Balaban J connectivity index is 0.00000363. The van der Waals surface area contributed by atoms with Crippen molar-refractivity contribution in [2.45, 2.75) is 32.7 Å². The average Bonchev–Trinajstić information content (AvgIpc) is 3.00. The third kappa shape index (κ3) is 6.99. The van der Waals surface area contributed by atoms with Gasteiger partial charge in [0.1, 0.15) is 18.2 Å². The van der Waals surface area contributed by atoms with Crippen LogP contribution in [0, 0.1) is 0 Å². The monoisotopic (exact) mass is 442 g/mol. The highest BCUT2D eigenvalue weighted by atomic mass is 19.4. The molecule has 0 atom stereocenters. The van der Waals surface area contributed by atoms with Gasteiger partial charge in [-0.15, -0.1) is 13.2 Å². The maximum absolute atomic E-state index is 12.6. The molecule has 2 aromatic rings. The molecule has 1 amide bonds. The number of nitrogens with one attached hydrogen (secondary N) is 1. The van der Waals surface area contributed by atoms with E-state index in [1.165, 1.54) is 24.5 Å². The largest absolute Gasteiger partial charge is 0.573 e. The number of carbonyl (C=O) groups excluding carboxylic acids is 1. The topological polar surface area (TPSA) is 85.8 Å². The molecule has 3 rings (SSSR count). The Morgan fingerprint density at radius 2 is 1.97 bits per heavy atom. The minimum Gasteiger partial charge on any atom is -0.494 e. The van der Waals surface area contributed by atoms with E-state index < -0.39 is 6.36 Å². The first-order valence-electron chi connectivity index (χ1n) is 9.79. The predicted octanol–water partition coefficient (Wildman–Crippen LogP) is 3.84. The molecular weight excluding hydrogens is 417 g/mol. The molecular formula is C20H25F3N4O4. The second-order valence-corrected chi connectivity index (χ2v) is 6.76.